The van der Waals surface area contributed by atoms with Crippen LogP contribution in [0, 0.1) is 23.3 Å². The lowest BCUT2D eigenvalue weighted by atomic mass is 10.1. The molecule has 0 aromatic heterocycles. The minimum atomic E-state index is -1.10. The molecule has 4 nitrogen and oxygen atoms in total. The summed E-state index contributed by atoms with van der Waals surface area (Å²) in [6, 6.07) is 11.6. The molecule has 2 amide bonds. The van der Waals surface area contributed by atoms with E-state index in [1.807, 2.05) is 0 Å². The van der Waals surface area contributed by atoms with Crippen LogP contribution in [0.2, 0.25) is 0 Å². The maximum atomic E-state index is 13.8. The van der Waals surface area contributed by atoms with Gasteiger partial charge < -0.3 is 10.2 Å². The molecule has 9 heteroatoms. The molecule has 3 aromatic rings. The van der Waals surface area contributed by atoms with Crippen molar-refractivity contribution in [2.75, 3.05) is 10.7 Å². The fourth-order valence-electron chi connectivity index (χ4n) is 3.30. The summed E-state index contributed by atoms with van der Waals surface area (Å²) in [4.78, 5) is 27.4. The van der Waals surface area contributed by atoms with Crippen LogP contribution in [0.1, 0.15) is 21.5 Å². The first-order valence-corrected chi connectivity index (χ1v) is 10.5. The van der Waals surface area contributed by atoms with Crippen LogP contribution in [0.4, 0.5) is 23.2 Å². The summed E-state index contributed by atoms with van der Waals surface area (Å²) in [7, 11) is 0. The lowest BCUT2D eigenvalue weighted by Gasteiger charge is -2.29. The number of hydrogen-bond acceptors (Lipinski definition) is 3. The molecule has 4 rings (SSSR count). The van der Waals surface area contributed by atoms with Gasteiger partial charge in [0.05, 0.1) is 18.0 Å². The van der Waals surface area contributed by atoms with Crippen molar-refractivity contribution < 1.29 is 27.2 Å². The zero-order valence-corrected chi connectivity index (χ0v) is 17.3. The first-order chi connectivity index (χ1) is 15.3. The second-order valence-corrected chi connectivity index (χ2v) is 8.13. The molecule has 0 fully saturated rings. The Kier molecular flexibility index (Phi) is 6.18. The highest BCUT2D eigenvalue weighted by Crippen LogP contribution is 2.37. The van der Waals surface area contributed by atoms with E-state index in [0.717, 1.165) is 10.5 Å². The van der Waals surface area contributed by atoms with Crippen molar-refractivity contribution in [1.29, 1.82) is 0 Å². The van der Waals surface area contributed by atoms with Crippen LogP contribution in [0.5, 0.6) is 0 Å². The minimum Gasteiger partial charge on any atom is -0.348 e. The van der Waals surface area contributed by atoms with E-state index in [4.69, 9.17) is 0 Å². The number of benzene rings is 3. The van der Waals surface area contributed by atoms with Gasteiger partial charge in [-0.2, -0.15) is 0 Å². The number of nitrogens with zero attached hydrogens (tertiary/aromatic N) is 1. The molecular formula is C23H16F4N2O2S. The van der Waals surface area contributed by atoms with E-state index in [1.54, 1.807) is 24.3 Å². The average Bonchev–Trinajstić information content (AvgIpc) is 2.76. The Morgan fingerprint density at radius 3 is 2.31 bits per heavy atom. The Labute approximate surface area is 185 Å². The van der Waals surface area contributed by atoms with Gasteiger partial charge >= 0.3 is 0 Å². The monoisotopic (exact) mass is 460 g/mol. The highest BCUT2D eigenvalue weighted by atomic mass is 32.2. The molecule has 0 unspecified atom stereocenters. The molecule has 1 heterocycles. The van der Waals surface area contributed by atoms with Gasteiger partial charge in [0, 0.05) is 34.7 Å². The molecule has 0 bridgehead atoms. The summed E-state index contributed by atoms with van der Waals surface area (Å²) in [6.45, 7) is -0.273. The zero-order valence-electron chi connectivity index (χ0n) is 16.5. The fourth-order valence-corrected chi connectivity index (χ4v) is 4.22. The summed E-state index contributed by atoms with van der Waals surface area (Å²) in [5, 5.41) is 2.41. The van der Waals surface area contributed by atoms with Gasteiger partial charge in [-0.25, -0.2) is 17.6 Å². The molecular weight excluding hydrogens is 444 g/mol. The molecule has 0 saturated heterocycles. The molecule has 0 radical (unpaired) electrons. The Balaban J connectivity index is 1.55. The van der Waals surface area contributed by atoms with E-state index < -0.39 is 35.5 Å². The second kappa shape index (κ2) is 9.04. The van der Waals surface area contributed by atoms with Crippen molar-refractivity contribution in [2.24, 2.45) is 0 Å². The van der Waals surface area contributed by atoms with E-state index in [2.05, 4.69) is 5.32 Å². The first-order valence-electron chi connectivity index (χ1n) is 9.55. The van der Waals surface area contributed by atoms with E-state index in [-0.39, 0.29) is 29.6 Å². The number of thioether (sulfide) groups is 1. The predicted molar refractivity (Wildman–Crippen MR) is 112 cm³/mol. The van der Waals surface area contributed by atoms with Gasteiger partial charge in [0.25, 0.3) is 5.91 Å². The van der Waals surface area contributed by atoms with Crippen molar-refractivity contribution in [3.8, 4) is 0 Å². The van der Waals surface area contributed by atoms with Crippen LogP contribution in [0.15, 0.2) is 59.5 Å². The molecule has 0 atom stereocenters. The summed E-state index contributed by atoms with van der Waals surface area (Å²) in [6.07, 6.45) is 0. The van der Waals surface area contributed by atoms with Crippen molar-refractivity contribution in [1.82, 2.24) is 5.32 Å². The fraction of sp³-hybridized carbons (Fsp3) is 0.130. The zero-order chi connectivity index (χ0) is 22.8. The quantitative estimate of drug-likeness (QED) is 0.556. The number of fused-ring (bicyclic) bond motifs is 1. The smallest absolute Gasteiger partial charge is 0.251 e. The summed E-state index contributed by atoms with van der Waals surface area (Å²) in [5.74, 6) is -4.18. The third kappa shape index (κ3) is 4.62. The number of anilines is 1. The number of halogens is 4. The number of nitrogens with one attached hydrogen (secondary N) is 1. The average molecular weight is 460 g/mol. The van der Waals surface area contributed by atoms with Crippen molar-refractivity contribution in [3.05, 3.63) is 94.6 Å². The molecule has 32 heavy (non-hydrogen) atoms. The number of hydrogen-bond donors (Lipinski definition) is 1. The topological polar surface area (TPSA) is 49.4 Å². The third-order valence-electron chi connectivity index (χ3n) is 4.95. The maximum Gasteiger partial charge on any atom is 0.251 e. The standard InChI is InChI=1S/C23H16F4N2O2S/c24-15-4-1-13(2-5-15)11-29-20-7-14(3-6-21(20)32-12-22(29)30)23(31)28-10-17-18(26)8-16(25)9-19(17)27/h1-9H,10-12H2,(H,28,31). The maximum absolute atomic E-state index is 13.8. The van der Waals surface area contributed by atoms with Gasteiger partial charge in [0.1, 0.15) is 23.3 Å². The molecule has 1 N–H and O–H groups in total. The molecule has 1 aliphatic heterocycles. The van der Waals surface area contributed by atoms with E-state index in [9.17, 15) is 27.2 Å². The van der Waals surface area contributed by atoms with Crippen molar-refractivity contribution in [2.45, 2.75) is 18.0 Å². The normalized spacial score (nSPS) is 13.1. The molecule has 1 aliphatic rings. The Morgan fingerprint density at radius 2 is 1.62 bits per heavy atom. The van der Waals surface area contributed by atoms with Crippen LogP contribution in [0.25, 0.3) is 0 Å². The van der Waals surface area contributed by atoms with Gasteiger partial charge in [-0.1, -0.05) is 12.1 Å². The van der Waals surface area contributed by atoms with Crippen molar-refractivity contribution in [3.63, 3.8) is 0 Å². The van der Waals surface area contributed by atoms with Gasteiger partial charge in [0.2, 0.25) is 5.91 Å². The predicted octanol–water partition coefficient (Wildman–Crippen LogP) is 4.81. The number of rotatable bonds is 5. The van der Waals surface area contributed by atoms with E-state index >= 15 is 0 Å². The highest BCUT2D eigenvalue weighted by molar-refractivity contribution is 8.00. The number of carbonyl (C=O) groups is 2. The molecule has 0 spiro atoms. The highest BCUT2D eigenvalue weighted by Gasteiger charge is 2.26. The first kappa shape index (κ1) is 21.9. The lowest BCUT2D eigenvalue weighted by Crippen LogP contribution is -2.35. The van der Waals surface area contributed by atoms with E-state index in [0.29, 0.717) is 17.8 Å². The number of amides is 2. The molecule has 0 saturated carbocycles. The van der Waals surface area contributed by atoms with E-state index in [1.165, 1.54) is 34.9 Å². The second-order valence-electron chi connectivity index (χ2n) is 7.11. The Hall–Kier alpha value is -3.33. The van der Waals surface area contributed by atoms with Crippen LogP contribution in [0.3, 0.4) is 0 Å². The van der Waals surface area contributed by atoms with Crippen molar-refractivity contribution >= 4 is 29.3 Å². The summed E-state index contributed by atoms with van der Waals surface area (Å²) in [5.41, 5.74) is 0.963. The van der Waals surface area contributed by atoms with Gasteiger partial charge in [-0.15, -0.1) is 11.8 Å². The van der Waals surface area contributed by atoms with Crippen LogP contribution in [-0.4, -0.2) is 17.6 Å². The van der Waals surface area contributed by atoms with Gasteiger partial charge in [-0.05, 0) is 35.9 Å². The Bertz CT molecular complexity index is 1180. The van der Waals surface area contributed by atoms with Crippen LogP contribution >= 0.6 is 11.8 Å². The summed E-state index contributed by atoms with van der Waals surface area (Å²) < 4.78 is 53.9. The van der Waals surface area contributed by atoms with Crippen LogP contribution in [-0.2, 0) is 17.9 Å². The molecule has 0 aliphatic carbocycles. The summed E-state index contributed by atoms with van der Waals surface area (Å²) >= 11 is 1.33. The van der Waals surface area contributed by atoms with Crippen LogP contribution < -0.4 is 10.2 Å². The minimum absolute atomic E-state index is 0.167. The Morgan fingerprint density at radius 1 is 0.938 bits per heavy atom. The SMILES string of the molecule is O=C(NCc1c(F)cc(F)cc1F)c1ccc2c(c1)N(Cc1ccc(F)cc1)C(=O)CS2. The molecule has 164 valence electrons. The van der Waals surface area contributed by atoms with Gasteiger partial charge in [0.15, 0.2) is 0 Å². The largest absolute Gasteiger partial charge is 0.348 e. The molecule has 3 aromatic carbocycles. The third-order valence-corrected chi connectivity index (χ3v) is 6.00. The lowest BCUT2D eigenvalue weighted by molar-refractivity contribution is -0.116. The van der Waals surface area contributed by atoms with Gasteiger partial charge in [-0.3, -0.25) is 9.59 Å². The number of carbonyl (C=O) groups excluding carboxylic acids is 2.